The molecule has 1 aromatic heterocycles. The third kappa shape index (κ3) is 13.8. The number of rotatable bonds is 20. The van der Waals surface area contributed by atoms with Gasteiger partial charge in [0.05, 0.1) is 24.2 Å². The van der Waals surface area contributed by atoms with Crippen LogP contribution < -0.4 is 28.2 Å². The van der Waals surface area contributed by atoms with Gasteiger partial charge < -0.3 is 37.4 Å². The number of benzene rings is 1. The molecule has 12 heteroatoms. The van der Waals surface area contributed by atoms with Crippen LogP contribution in [0.1, 0.15) is 108 Å². The zero-order valence-corrected chi connectivity index (χ0v) is 30.8. The van der Waals surface area contributed by atoms with Crippen LogP contribution in [0, 0.1) is 13.8 Å². The minimum atomic E-state index is -1.64. The highest BCUT2D eigenvalue weighted by molar-refractivity contribution is 5.81. The highest BCUT2D eigenvalue weighted by Gasteiger charge is 2.27. The van der Waals surface area contributed by atoms with E-state index in [0.717, 1.165) is 11.1 Å². The van der Waals surface area contributed by atoms with E-state index >= 15 is 0 Å². The zero-order valence-electron chi connectivity index (χ0n) is 30.1. The Hall–Kier alpha value is -3.22. The van der Waals surface area contributed by atoms with E-state index in [1.807, 2.05) is 13.8 Å². The van der Waals surface area contributed by atoms with Gasteiger partial charge in [0.2, 0.25) is 0 Å². The van der Waals surface area contributed by atoms with E-state index in [9.17, 15) is 24.9 Å². The van der Waals surface area contributed by atoms with Gasteiger partial charge >= 0.3 is 5.69 Å². The number of hydrogen-bond acceptors (Lipinski definition) is 8. The van der Waals surface area contributed by atoms with Crippen LogP contribution in [0.5, 0.6) is 0 Å². The Morgan fingerprint density at radius 1 is 0.760 bits per heavy atom. The summed E-state index contributed by atoms with van der Waals surface area (Å²) in [6.45, 7) is 6.20. The van der Waals surface area contributed by atoms with Crippen molar-refractivity contribution in [3.63, 3.8) is 0 Å². The first-order valence-corrected chi connectivity index (χ1v) is 18.2. The quantitative estimate of drug-likeness (QED) is 0.0525. The van der Waals surface area contributed by atoms with Gasteiger partial charge in [-0.15, -0.1) is 0 Å². The molecule has 4 rings (SSSR count). The molecule has 0 aliphatic carbocycles. The molecule has 3 atom stereocenters. The average molecular weight is 716 g/mol. The number of aromatic amines is 1. The Balaban J connectivity index is 0.000000348. The first-order valence-electron chi connectivity index (χ1n) is 18.2. The largest absolute Gasteiger partial charge is 1.00 e. The predicted molar refractivity (Wildman–Crippen MR) is 193 cm³/mol. The maximum Gasteiger partial charge on any atom is 0.349 e. The normalized spacial score (nSPS) is 13.0. The maximum atomic E-state index is 12.2. The third-order valence-electron chi connectivity index (χ3n) is 9.12. The highest BCUT2D eigenvalue weighted by atomic mass is 35.5. The van der Waals surface area contributed by atoms with Gasteiger partial charge in [-0.3, -0.25) is 9.78 Å². The lowest BCUT2D eigenvalue weighted by atomic mass is 10.0. The number of aromatic nitrogens is 5. The number of unbranched alkanes of at least 4 members (excludes halogenated alkanes) is 13. The molecular weight excluding hydrogens is 658 g/mol. The van der Waals surface area contributed by atoms with Crippen LogP contribution in [0.25, 0.3) is 22.6 Å². The lowest BCUT2D eigenvalue weighted by Crippen LogP contribution is -3.00. The molecule has 0 unspecified atom stereocenters. The van der Waals surface area contributed by atoms with Gasteiger partial charge in [-0.05, 0) is 43.5 Å². The fraction of sp³-hybridized carbons (Fsp3) is 0.605. The van der Waals surface area contributed by atoms with E-state index in [0.29, 0.717) is 11.0 Å². The summed E-state index contributed by atoms with van der Waals surface area (Å²) >= 11 is 0. The number of aliphatic hydroxyl groups excluding tert-OH is 4. The molecule has 2 aromatic rings. The van der Waals surface area contributed by atoms with Crippen LogP contribution in [0.15, 0.2) is 52.3 Å². The molecule has 2 aliphatic rings. The fourth-order valence-corrected chi connectivity index (χ4v) is 5.97. The van der Waals surface area contributed by atoms with E-state index in [-0.39, 0.29) is 30.5 Å². The smallest absolute Gasteiger partial charge is 0.349 e. The van der Waals surface area contributed by atoms with Gasteiger partial charge in [0, 0.05) is 18.6 Å². The fourth-order valence-electron chi connectivity index (χ4n) is 5.97. The van der Waals surface area contributed by atoms with Gasteiger partial charge in [0.25, 0.3) is 5.56 Å². The zero-order chi connectivity index (χ0) is 35.6. The van der Waals surface area contributed by atoms with E-state index < -0.39 is 36.2 Å². The monoisotopic (exact) mass is 715 g/mol. The van der Waals surface area contributed by atoms with Crippen LogP contribution in [0.3, 0.4) is 0 Å². The molecule has 3 heterocycles. The number of H-pyrrole nitrogens is 1. The van der Waals surface area contributed by atoms with Crippen molar-refractivity contribution in [2.45, 2.75) is 142 Å². The molecule has 0 saturated carbocycles. The van der Waals surface area contributed by atoms with Crippen LogP contribution in [-0.2, 0) is 13.1 Å². The highest BCUT2D eigenvalue weighted by Crippen LogP contribution is 2.24. The van der Waals surface area contributed by atoms with Gasteiger partial charge in [0.1, 0.15) is 24.9 Å². The molecule has 1 aromatic carbocycles. The second-order valence-electron chi connectivity index (χ2n) is 13.2. The molecule has 0 bridgehead atoms. The van der Waals surface area contributed by atoms with Gasteiger partial charge in [-0.2, -0.15) is 4.98 Å². The van der Waals surface area contributed by atoms with Crippen LogP contribution in [-0.4, -0.2) is 64.9 Å². The van der Waals surface area contributed by atoms with Crippen molar-refractivity contribution in [2.24, 2.45) is 0 Å². The van der Waals surface area contributed by atoms with Crippen molar-refractivity contribution in [1.82, 2.24) is 19.5 Å². The van der Waals surface area contributed by atoms with Crippen molar-refractivity contribution < 1.29 is 37.4 Å². The number of nitrogens with one attached hydrogen (secondary N) is 1. The summed E-state index contributed by atoms with van der Waals surface area (Å²) in [7, 11) is 0. The van der Waals surface area contributed by atoms with Crippen LogP contribution >= 0.6 is 0 Å². The number of fused-ring (bicyclic) bond motifs is 2. The molecule has 0 amide bonds. The summed E-state index contributed by atoms with van der Waals surface area (Å²) in [5, 5.41) is 38.8. The molecular formula is C38H58ClN5O6. The molecule has 0 radical (unpaired) electrons. The molecule has 0 fully saturated rings. The van der Waals surface area contributed by atoms with E-state index in [1.165, 1.54) is 101 Å². The Bertz CT molecular complexity index is 1620. The van der Waals surface area contributed by atoms with Crippen molar-refractivity contribution in [3.05, 3.63) is 74.7 Å². The standard InChI is InChI=1S/C21H38N.C17H20N4O6.ClH/c1-2-3-4-5-6-7-8-9-10-11-12-13-14-16-19-22-20-17-15-18-21-22;1-7-3-9-10(4-8(7)2)21(5-11(23)14(25)12(24)6-22)15-13(18-9)16(26)20-17(27)19-15;/h15,17-18,20-21H,2-14,16,19H2,1H3;3-4,11-12,14,22-25H,5-6H2,1-2H3,(H,20,26,27);1H/q+1;;/p-1/t;11-,12+,14-;/m.0./s1. The molecule has 5 N–H and O–H groups in total. The maximum absolute atomic E-state index is 12.2. The summed E-state index contributed by atoms with van der Waals surface area (Å²) < 4.78 is 3.69. The Morgan fingerprint density at radius 3 is 1.86 bits per heavy atom. The van der Waals surface area contributed by atoms with Gasteiger partial charge in [0.15, 0.2) is 23.9 Å². The second kappa shape index (κ2) is 23.3. The van der Waals surface area contributed by atoms with Crippen molar-refractivity contribution in [3.8, 4) is 11.5 Å². The summed E-state index contributed by atoms with van der Waals surface area (Å²) in [6, 6.07) is 9.85. The predicted octanol–water partition coefficient (Wildman–Crippen LogP) is 1.74. The van der Waals surface area contributed by atoms with E-state index in [4.69, 9.17) is 5.11 Å². The van der Waals surface area contributed by atoms with Gasteiger partial charge in [-0.1, -0.05) is 90.0 Å². The van der Waals surface area contributed by atoms with Crippen LogP contribution in [0.2, 0.25) is 0 Å². The summed E-state index contributed by atoms with van der Waals surface area (Å²) in [6.07, 6.45) is 19.7. The number of hydrogen-bond donors (Lipinski definition) is 5. The molecule has 50 heavy (non-hydrogen) atoms. The molecule has 2 aliphatic heterocycles. The summed E-state index contributed by atoms with van der Waals surface area (Å²) in [5.74, 6) is -0.0516. The van der Waals surface area contributed by atoms with E-state index in [1.54, 1.807) is 12.1 Å². The Labute approximate surface area is 302 Å². The van der Waals surface area contributed by atoms with Crippen LogP contribution in [0.4, 0.5) is 0 Å². The topological polar surface area (TPSA) is 165 Å². The first kappa shape index (κ1) is 42.9. The SMILES string of the molecule is CCCCCCCCCCCCCCCC[n+]1ccccc1.Cc1cc2nc3c(=O)[nH]c(=O)nc-3n(C[C@H](O)[C@H](O)[C@H](O)CO)c2cc1C.[Cl-]. The first-order chi connectivity index (χ1) is 23.7. The third-order valence-corrected chi connectivity index (χ3v) is 9.12. The Kier molecular flexibility index (Phi) is 20.0. The van der Waals surface area contributed by atoms with Crippen molar-refractivity contribution in [2.75, 3.05) is 6.61 Å². The minimum Gasteiger partial charge on any atom is -1.00 e. The number of aryl methyl sites for hydroxylation is 3. The summed E-state index contributed by atoms with van der Waals surface area (Å²) in [5.41, 5.74) is 1.11. The van der Waals surface area contributed by atoms with Crippen molar-refractivity contribution >= 4 is 11.0 Å². The molecule has 0 spiro atoms. The number of aliphatic hydroxyl groups is 4. The number of pyridine rings is 1. The molecule has 0 saturated heterocycles. The second-order valence-corrected chi connectivity index (χ2v) is 13.2. The summed E-state index contributed by atoms with van der Waals surface area (Å²) in [4.78, 5) is 34.0. The number of nitrogens with zero attached hydrogens (tertiary/aromatic N) is 4. The number of halogens is 1. The lowest BCUT2D eigenvalue weighted by Gasteiger charge is -2.25. The minimum absolute atomic E-state index is 0. The van der Waals surface area contributed by atoms with Crippen molar-refractivity contribution in [1.29, 1.82) is 0 Å². The van der Waals surface area contributed by atoms with E-state index in [2.05, 4.69) is 57.0 Å². The molecule has 278 valence electrons. The van der Waals surface area contributed by atoms with Gasteiger partial charge in [-0.25, -0.2) is 14.3 Å². The molecule has 11 nitrogen and oxygen atoms in total. The average Bonchev–Trinajstić information content (AvgIpc) is 3.09. The lowest BCUT2D eigenvalue weighted by molar-refractivity contribution is -0.697. The Morgan fingerprint density at radius 2 is 1.30 bits per heavy atom.